The number of fused-ring (bicyclic) bond motifs is 1. The van der Waals surface area contributed by atoms with E-state index >= 15 is 0 Å². The molecule has 0 spiro atoms. The Morgan fingerprint density at radius 2 is 2.18 bits per heavy atom. The highest BCUT2D eigenvalue weighted by Gasteiger charge is 2.25. The molecule has 1 saturated heterocycles. The number of likely N-dealkylation sites (tertiary alicyclic amines) is 1. The fourth-order valence-corrected chi connectivity index (χ4v) is 4.42. The van der Waals surface area contributed by atoms with E-state index in [4.69, 9.17) is 4.74 Å². The maximum Gasteiger partial charge on any atom is 0.246 e. The molecule has 1 unspecified atom stereocenters. The zero-order valence-corrected chi connectivity index (χ0v) is 19.2. The largest absolute Gasteiger partial charge is 0.481 e. The van der Waals surface area contributed by atoms with Gasteiger partial charge in [-0.05, 0) is 48.1 Å². The Morgan fingerprint density at radius 1 is 1.26 bits per heavy atom. The normalized spacial score (nSPS) is 15.4. The van der Waals surface area contributed by atoms with Crippen molar-refractivity contribution in [1.82, 2.24) is 19.9 Å². The summed E-state index contributed by atoms with van der Waals surface area (Å²) in [5.41, 5.74) is 1.47. The summed E-state index contributed by atoms with van der Waals surface area (Å²) in [6.45, 7) is 1.64. The first-order valence-electron chi connectivity index (χ1n) is 11.0. The van der Waals surface area contributed by atoms with E-state index in [-0.39, 0.29) is 11.9 Å². The van der Waals surface area contributed by atoms with Crippen molar-refractivity contribution in [2.24, 2.45) is 0 Å². The first kappa shape index (κ1) is 21.7. The van der Waals surface area contributed by atoms with Crippen LogP contribution in [0.5, 0.6) is 5.75 Å². The van der Waals surface area contributed by atoms with E-state index < -0.39 is 0 Å². The predicted molar refractivity (Wildman–Crippen MR) is 135 cm³/mol. The van der Waals surface area contributed by atoms with Crippen molar-refractivity contribution in [1.29, 1.82) is 0 Å². The van der Waals surface area contributed by atoms with Gasteiger partial charge in [0.1, 0.15) is 30.1 Å². The van der Waals surface area contributed by atoms with Crippen LogP contribution in [0.1, 0.15) is 17.0 Å². The summed E-state index contributed by atoms with van der Waals surface area (Å²) >= 11 is 1.61. The van der Waals surface area contributed by atoms with Crippen molar-refractivity contribution in [2.75, 3.05) is 25.0 Å². The minimum Gasteiger partial charge on any atom is -0.481 e. The van der Waals surface area contributed by atoms with E-state index in [9.17, 15) is 4.79 Å². The van der Waals surface area contributed by atoms with Gasteiger partial charge in [0.05, 0.1) is 11.1 Å². The molecule has 1 atom stereocenters. The summed E-state index contributed by atoms with van der Waals surface area (Å²) in [4.78, 5) is 27.4. The quantitative estimate of drug-likeness (QED) is 0.327. The lowest BCUT2D eigenvalue weighted by atomic mass is 10.2. The van der Waals surface area contributed by atoms with Crippen LogP contribution >= 0.6 is 11.3 Å². The number of amides is 1. The summed E-state index contributed by atoms with van der Waals surface area (Å²) in [5, 5.41) is 6.35. The maximum atomic E-state index is 12.5. The van der Waals surface area contributed by atoms with Crippen LogP contribution in [0.4, 0.5) is 5.82 Å². The first-order chi connectivity index (χ1) is 16.7. The molecule has 0 radical (unpaired) electrons. The van der Waals surface area contributed by atoms with Gasteiger partial charge >= 0.3 is 0 Å². The van der Waals surface area contributed by atoms with Gasteiger partial charge in [0, 0.05) is 30.1 Å². The molecule has 170 valence electrons. The molecule has 34 heavy (non-hydrogen) atoms. The number of para-hydroxylation sites is 1. The van der Waals surface area contributed by atoms with Gasteiger partial charge in [-0.3, -0.25) is 4.79 Å². The Labute approximate surface area is 201 Å². The number of hydrogen-bond donors (Lipinski definition) is 2. The third kappa shape index (κ3) is 5.27. The van der Waals surface area contributed by atoms with Crippen LogP contribution in [0.2, 0.25) is 0 Å². The number of aromatic nitrogens is 3. The van der Waals surface area contributed by atoms with Crippen LogP contribution < -0.4 is 10.1 Å². The number of carbonyl (C=O) groups excluding carboxylic acids is 1. The fraction of sp³-hybridized carbons (Fsp3) is 0.192. The number of H-pyrrole nitrogens is 1. The molecule has 4 heterocycles. The first-order valence-corrected chi connectivity index (χ1v) is 11.9. The lowest BCUT2D eigenvalue weighted by molar-refractivity contribution is -0.124. The highest BCUT2D eigenvalue weighted by Crippen LogP contribution is 2.23. The second-order valence-corrected chi connectivity index (χ2v) is 8.81. The van der Waals surface area contributed by atoms with Crippen LogP contribution in [-0.2, 0) is 4.79 Å². The molecule has 0 saturated carbocycles. The third-order valence-electron chi connectivity index (χ3n) is 5.48. The molecule has 1 amide bonds. The van der Waals surface area contributed by atoms with E-state index in [1.807, 2.05) is 64.9 Å². The monoisotopic (exact) mass is 469 g/mol. The van der Waals surface area contributed by atoms with Gasteiger partial charge in [0.2, 0.25) is 5.91 Å². The highest BCUT2D eigenvalue weighted by atomic mass is 32.1. The SMILES string of the molecule is O=C(/C=C/c1cccs1)N1CCC(Nc2ncnc3[nH]c(C#CCOc4ccccc4)cc23)C1. The van der Waals surface area contributed by atoms with Gasteiger partial charge < -0.3 is 19.9 Å². The van der Waals surface area contributed by atoms with Gasteiger partial charge in [-0.25, -0.2) is 9.97 Å². The number of nitrogens with one attached hydrogen (secondary N) is 2. The summed E-state index contributed by atoms with van der Waals surface area (Å²) in [6.07, 6.45) is 5.90. The van der Waals surface area contributed by atoms with Crippen molar-refractivity contribution in [3.05, 3.63) is 76.9 Å². The number of nitrogens with zero attached hydrogens (tertiary/aromatic N) is 3. The van der Waals surface area contributed by atoms with Gasteiger partial charge in [0.25, 0.3) is 0 Å². The van der Waals surface area contributed by atoms with Gasteiger partial charge in [-0.2, -0.15) is 0 Å². The molecular weight excluding hydrogens is 446 g/mol. The smallest absolute Gasteiger partial charge is 0.246 e. The number of hydrogen-bond acceptors (Lipinski definition) is 6. The summed E-state index contributed by atoms with van der Waals surface area (Å²) in [7, 11) is 0. The van der Waals surface area contributed by atoms with Crippen molar-refractivity contribution >= 4 is 40.2 Å². The van der Waals surface area contributed by atoms with Gasteiger partial charge in [-0.1, -0.05) is 30.2 Å². The molecule has 4 aromatic rings. The molecule has 7 nitrogen and oxygen atoms in total. The van der Waals surface area contributed by atoms with E-state index in [1.54, 1.807) is 17.4 Å². The molecule has 0 bridgehead atoms. The Balaban J connectivity index is 1.20. The summed E-state index contributed by atoms with van der Waals surface area (Å²) < 4.78 is 5.62. The van der Waals surface area contributed by atoms with Gasteiger partial charge in [-0.15, -0.1) is 11.3 Å². The second-order valence-electron chi connectivity index (χ2n) is 7.83. The molecule has 1 aliphatic rings. The molecule has 1 fully saturated rings. The van der Waals surface area contributed by atoms with Crippen molar-refractivity contribution < 1.29 is 9.53 Å². The zero-order chi connectivity index (χ0) is 23.2. The number of ether oxygens (including phenoxy) is 1. The molecule has 5 rings (SSSR count). The minimum atomic E-state index is 0.0301. The minimum absolute atomic E-state index is 0.0301. The second kappa shape index (κ2) is 10.2. The lowest BCUT2D eigenvalue weighted by Gasteiger charge is -2.16. The molecule has 0 aliphatic carbocycles. The average Bonchev–Trinajstić information content (AvgIpc) is 3.62. The molecule has 2 N–H and O–H groups in total. The Kier molecular flexibility index (Phi) is 6.54. The number of rotatable bonds is 6. The highest BCUT2D eigenvalue weighted by molar-refractivity contribution is 7.10. The molecule has 3 aromatic heterocycles. The van der Waals surface area contributed by atoms with E-state index in [1.165, 1.54) is 6.33 Å². The van der Waals surface area contributed by atoms with E-state index in [0.717, 1.165) is 39.6 Å². The number of benzene rings is 1. The van der Waals surface area contributed by atoms with E-state index in [2.05, 4.69) is 32.1 Å². The standard InChI is InChI=1S/C26H23N5O2S/c32-24(11-10-22-9-5-15-34-22)31-13-12-20(17-31)30-26-23-16-19(29-25(23)27-18-28-26)6-4-14-33-21-7-2-1-3-8-21/h1-3,5,7-11,15-16,18,20H,12-14,17H2,(H2,27,28,29,30)/b11-10+. The van der Waals surface area contributed by atoms with Crippen LogP contribution in [0.15, 0.2) is 66.3 Å². The lowest BCUT2D eigenvalue weighted by Crippen LogP contribution is -2.30. The van der Waals surface area contributed by atoms with Crippen LogP contribution in [0.25, 0.3) is 17.1 Å². The number of anilines is 1. The Hall–Kier alpha value is -4.09. The average molecular weight is 470 g/mol. The van der Waals surface area contributed by atoms with Crippen LogP contribution in [0.3, 0.4) is 0 Å². The summed E-state index contributed by atoms with van der Waals surface area (Å²) in [6, 6.07) is 15.6. The molecule has 1 aromatic carbocycles. The van der Waals surface area contributed by atoms with Crippen LogP contribution in [0, 0.1) is 11.8 Å². The molecular formula is C26H23N5O2S. The topological polar surface area (TPSA) is 83.1 Å². The van der Waals surface area contributed by atoms with E-state index in [0.29, 0.717) is 19.7 Å². The van der Waals surface area contributed by atoms with Crippen LogP contribution in [-0.4, -0.2) is 51.5 Å². The van der Waals surface area contributed by atoms with Crippen molar-refractivity contribution in [3.63, 3.8) is 0 Å². The maximum absolute atomic E-state index is 12.5. The number of carbonyl (C=O) groups is 1. The third-order valence-corrected chi connectivity index (χ3v) is 6.31. The van der Waals surface area contributed by atoms with Gasteiger partial charge in [0.15, 0.2) is 0 Å². The Bertz CT molecular complexity index is 1350. The fourth-order valence-electron chi connectivity index (χ4n) is 3.81. The number of aromatic amines is 1. The van der Waals surface area contributed by atoms with Crippen molar-refractivity contribution in [2.45, 2.75) is 12.5 Å². The van der Waals surface area contributed by atoms with Crippen molar-refractivity contribution in [3.8, 4) is 17.6 Å². The predicted octanol–water partition coefficient (Wildman–Crippen LogP) is 4.18. The Morgan fingerprint density at radius 3 is 3.03 bits per heavy atom. The molecule has 8 heteroatoms. The zero-order valence-electron chi connectivity index (χ0n) is 18.4. The molecule has 1 aliphatic heterocycles. The number of thiophene rings is 1. The summed E-state index contributed by atoms with van der Waals surface area (Å²) in [5.74, 6) is 7.67.